The fraction of sp³-hybridized carbons (Fsp3) is 0.621. The van der Waals surface area contributed by atoms with E-state index in [0.717, 1.165) is 42.6 Å². The van der Waals surface area contributed by atoms with Crippen molar-refractivity contribution in [3.63, 3.8) is 0 Å². The van der Waals surface area contributed by atoms with Crippen LogP contribution in [0.15, 0.2) is 24.3 Å². The molecule has 4 aliphatic carbocycles. The first-order valence-corrected chi connectivity index (χ1v) is 14.2. The van der Waals surface area contributed by atoms with E-state index in [1.54, 1.807) is 24.3 Å². The number of nitrogen functional groups attached to an aromatic ring is 1. The molecular formula is C29H39F3N4O6. The summed E-state index contributed by atoms with van der Waals surface area (Å²) in [4.78, 5) is 45.4. The topological polar surface area (TPSA) is 183 Å². The summed E-state index contributed by atoms with van der Waals surface area (Å²) < 4.78 is 31.7. The summed E-state index contributed by atoms with van der Waals surface area (Å²) in [7, 11) is 0. The molecular weight excluding hydrogens is 557 g/mol. The van der Waals surface area contributed by atoms with Crippen molar-refractivity contribution in [2.75, 3.05) is 6.54 Å². The first-order valence-electron chi connectivity index (χ1n) is 14.2. The maximum Gasteiger partial charge on any atom is 0.490 e. The van der Waals surface area contributed by atoms with E-state index in [4.69, 9.17) is 21.0 Å². The molecule has 4 saturated carbocycles. The largest absolute Gasteiger partial charge is 0.490 e. The summed E-state index contributed by atoms with van der Waals surface area (Å²) >= 11 is 0. The van der Waals surface area contributed by atoms with Crippen molar-refractivity contribution in [1.82, 2.24) is 10.6 Å². The van der Waals surface area contributed by atoms with Crippen LogP contribution in [0.25, 0.3) is 0 Å². The molecule has 0 radical (unpaired) electrons. The van der Waals surface area contributed by atoms with E-state index in [9.17, 15) is 32.7 Å². The van der Waals surface area contributed by atoms with E-state index in [0.29, 0.717) is 31.4 Å². The Morgan fingerprint density at radius 3 is 1.95 bits per heavy atom. The highest BCUT2D eigenvalue weighted by atomic mass is 19.4. The van der Waals surface area contributed by atoms with Gasteiger partial charge in [-0.05, 0) is 80.1 Å². The van der Waals surface area contributed by atoms with E-state index in [1.807, 2.05) is 0 Å². The molecule has 232 valence electrons. The molecule has 0 aromatic heterocycles. The summed E-state index contributed by atoms with van der Waals surface area (Å²) in [5, 5.41) is 29.7. The molecule has 1 aromatic rings. The minimum Gasteiger partial charge on any atom is -0.481 e. The zero-order valence-electron chi connectivity index (χ0n) is 23.3. The van der Waals surface area contributed by atoms with E-state index < -0.39 is 24.2 Å². The standard InChI is InChI=1S/C27H38N4O4.C2HF3O2/c28-26(29)21-5-3-17(4-6-21)11-23(32)30-7-1-2-22(12-25(34)35)31-24(33)16-27-13-18-8-19(14-27)10-20(9-18)15-27;3-2(4,5)1(6)7/h3-6,18-20,22H,1-2,7-16H2,(H3,28,29)(H,30,32)(H,31,33)(H,34,35);(H,6,7)/t18?,19?,20?,22-,27?;/m0./s1. The number of carboxylic acids is 2. The molecule has 10 nitrogen and oxygen atoms in total. The molecule has 7 N–H and O–H groups in total. The first-order chi connectivity index (χ1) is 19.6. The minimum atomic E-state index is -5.08. The van der Waals surface area contributed by atoms with Crippen LogP contribution < -0.4 is 16.4 Å². The Morgan fingerprint density at radius 1 is 0.976 bits per heavy atom. The van der Waals surface area contributed by atoms with Gasteiger partial charge in [-0.25, -0.2) is 4.79 Å². The van der Waals surface area contributed by atoms with Crippen molar-refractivity contribution < 1.29 is 42.6 Å². The zero-order chi connectivity index (χ0) is 31.1. The van der Waals surface area contributed by atoms with Crippen LogP contribution in [0.2, 0.25) is 0 Å². The Bertz CT molecular complexity index is 1120. The summed E-state index contributed by atoms with van der Waals surface area (Å²) in [5.41, 5.74) is 7.02. The third-order valence-electron chi connectivity index (χ3n) is 8.41. The molecule has 4 bridgehead atoms. The van der Waals surface area contributed by atoms with E-state index in [-0.39, 0.29) is 35.9 Å². The first kappa shape index (κ1) is 32.9. The third kappa shape index (κ3) is 10.0. The van der Waals surface area contributed by atoms with Crippen LogP contribution in [0.4, 0.5) is 13.2 Å². The number of rotatable bonds is 12. The van der Waals surface area contributed by atoms with Gasteiger partial charge in [0.1, 0.15) is 5.84 Å². The monoisotopic (exact) mass is 596 g/mol. The van der Waals surface area contributed by atoms with Gasteiger partial charge in [-0.15, -0.1) is 0 Å². The molecule has 13 heteroatoms. The van der Waals surface area contributed by atoms with E-state index in [2.05, 4.69) is 10.6 Å². The van der Waals surface area contributed by atoms with E-state index in [1.165, 1.54) is 19.3 Å². The normalized spacial score (nSPS) is 24.6. The second kappa shape index (κ2) is 14.0. The second-order valence-electron chi connectivity index (χ2n) is 12.0. The number of carbonyl (C=O) groups is 4. The van der Waals surface area contributed by atoms with Gasteiger partial charge in [0.05, 0.1) is 12.8 Å². The summed E-state index contributed by atoms with van der Waals surface area (Å²) in [5.74, 6) is -1.51. The maximum atomic E-state index is 12.9. The highest BCUT2D eigenvalue weighted by molar-refractivity contribution is 5.95. The Morgan fingerprint density at radius 2 is 1.50 bits per heavy atom. The van der Waals surface area contributed by atoms with Crippen molar-refractivity contribution in [1.29, 1.82) is 5.41 Å². The lowest BCUT2D eigenvalue weighted by Gasteiger charge is -2.56. The highest BCUT2D eigenvalue weighted by Crippen LogP contribution is 2.61. The molecule has 4 fully saturated rings. The molecule has 5 rings (SSSR count). The van der Waals surface area contributed by atoms with Crippen LogP contribution in [0.3, 0.4) is 0 Å². The van der Waals surface area contributed by atoms with Crippen molar-refractivity contribution in [2.45, 2.75) is 82.8 Å². The van der Waals surface area contributed by atoms with Gasteiger partial charge < -0.3 is 26.6 Å². The number of amides is 2. The Labute approximate surface area is 242 Å². The van der Waals surface area contributed by atoms with Crippen LogP contribution in [-0.2, 0) is 25.6 Å². The van der Waals surface area contributed by atoms with Gasteiger partial charge in [-0.2, -0.15) is 13.2 Å². The van der Waals surface area contributed by atoms with Crippen molar-refractivity contribution >= 4 is 29.6 Å². The number of hydrogen-bond acceptors (Lipinski definition) is 5. The van der Waals surface area contributed by atoms with Crippen molar-refractivity contribution in [2.24, 2.45) is 28.9 Å². The maximum absolute atomic E-state index is 12.9. The average molecular weight is 597 g/mol. The number of hydrogen-bond donors (Lipinski definition) is 6. The molecule has 0 unspecified atom stereocenters. The van der Waals surface area contributed by atoms with Gasteiger partial charge in [0.15, 0.2) is 0 Å². The third-order valence-corrected chi connectivity index (χ3v) is 8.41. The second-order valence-corrected chi connectivity index (χ2v) is 12.0. The predicted octanol–water partition coefficient (Wildman–Crippen LogP) is 3.61. The lowest BCUT2D eigenvalue weighted by atomic mass is 9.49. The van der Waals surface area contributed by atoms with Gasteiger partial charge in [0.25, 0.3) is 0 Å². The van der Waals surface area contributed by atoms with Crippen LogP contribution in [0, 0.1) is 28.6 Å². The quantitative estimate of drug-likeness (QED) is 0.121. The molecule has 0 spiro atoms. The number of nitrogens with two attached hydrogens (primary N) is 1. The number of aliphatic carboxylic acids is 2. The lowest BCUT2D eigenvalue weighted by molar-refractivity contribution is -0.192. The van der Waals surface area contributed by atoms with Crippen LogP contribution in [-0.4, -0.2) is 58.6 Å². The number of halogens is 3. The van der Waals surface area contributed by atoms with Gasteiger partial charge in [-0.3, -0.25) is 19.8 Å². The molecule has 4 aliphatic rings. The fourth-order valence-electron chi connectivity index (χ4n) is 7.19. The van der Waals surface area contributed by atoms with Crippen molar-refractivity contribution in [3.05, 3.63) is 35.4 Å². The Balaban J connectivity index is 0.000000616. The fourth-order valence-corrected chi connectivity index (χ4v) is 7.19. The highest BCUT2D eigenvalue weighted by Gasteiger charge is 2.51. The minimum absolute atomic E-state index is 0.0121. The number of carboxylic acid groups (broad SMARTS) is 2. The number of amidine groups is 1. The van der Waals surface area contributed by atoms with Gasteiger partial charge in [0, 0.05) is 24.6 Å². The summed E-state index contributed by atoms with van der Waals surface area (Å²) in [6.07, 6.45) is 4.09. The molecule has 2 amide bonds. The average Bonchev–Trinajstić information content (AvgIpc) is 2.85. The van der Waals surface area contributed by atoms with E-state index >= 15 is 0 Å². The molecule has 42 heavy (non-hydrogen) atoms. The SMILES string of the molecule is N=C(N)c1ccc(CC(=O)NCCC[C@@H](CC(=O)O)NC(=O)CC23CC4CC(CC(C4)C2)C3)cc1.O=C(O)C(F)(F)F. The molecule has 0 aliphatic heterocycles. The predicted molar refractivity (Wildman–Crippen MR) is 147 cm³/mol. The van der Waals surface area contributed by atoms with Crippen molar-refractivity contribution in [3.8, 4) is 0 Å². The summed E-state index contributed by atoms with van der Waals surface area (Å²) in [6.45, 7) is 0.422. The lowest BCUT2D eigenvalue weighted by Crippen LogP contribution is -2.49. The molecule has 1 atom stereocenters. The smallest absolute Gasteiger partial charge is 0.481 e. The molecule has 1 aromatic carbocycles. The molecule has 0 heterocycles. The Kier molecular flexibility index (Phi) is 11.0. The van der Waals surface area contributed by atoms with Gasteiger partial charge >= 0.3 is 18.1 Å². The number of carbonyl (C=O) groups excluding carboxylic acids is 2. The summed E-state index contributed by atoms with van der Waals surface area (Å²) in [6, 6.07) is 6.56. The van der Waals surface area contributed by atoms with Crippen LogP contribution in [0.1, 0.15) is 75.3 Å². The number of benzene rings is 1. The number of alkyl halides is 3. The number of nitrogens with one attached hydrogen (secondary N) is 3. The van der Waals surface area contributed by atoms with Crippen LogP contribution >= 0.6 is 0 Å². The van der Waals surface area contributed by atoms with Gasteiger partial charge in [0.2, 0.25) is 11.8 Å². The zero-order valence-corrected chi connectivity index (χ0v) is 23.3. The molecule has 0 saturated heterocycles. The van der Waals surface area contributed by atoms with Gasteiger partial charge in [-0.1, -0.05) is 24.3 Å². The van der Waals surface area contributed by atoms with Crippen LogP contribution in [0.5, 0.6) is 0 Å². The Hall–Kier alpha value is -3.64.